The number of rotatable bonds is 9. The van der Waals surface area contributed by atoms with Crippen molar-refractivity contribution in [2.45, 2.75) is 96.0 Å². The molecule has 0 radical (unpaired) electrons. The molecule has 18 heavy (non-hydrogen) atoms. The van der Waals surface area contributed by atoms with Crippen LogP contribution in [0.15, 0.2) is 0 Å². The molecule has 1 saturated carbocycles. The molecular formula is C16H30O2. The fraction of sp³-hybridized carbons (Fsp3) is 0.938. The minimum Gasteiger partial charge on any atom is -0.390 e. The highest BCUT2D eigenvalue weighted by molar-refractivity contribution is 5.78. The van der Waals surface area contributed by atoms with Crippen LogP contribution < -0.4 is 0 Å². The van der Waals surface area contributed by atoms with E-state index >= 15 is 0 Å². The second kappa shape index (κ2) is 8.68. The molecule has 1 N–H and O–H groups in total. The van der Waals surface area contributed by atoms with Crippen LogP contribution in [0, 0.1) is 0 Å². The molecule has 0 unspecified atom stereocenters. The summed E-state index contributed by atoms with van der Waals surface area (Å²) in [6, 6.07) is 0. The van der Waals surface area contributed by atoms with Crippen LogP contribution in [0.25, 0.3) is 0 Å². The lowest BCUT2D eigenvalue weighted by Gasteiger charge is -2.32. The summed E-state index contributed by atoms with van der Waals surface area (Å²) < 4.78 is 0. The number of carbonyl (C=O) groups excluding carboxylic acids is 1. The molecule has 0 aromatic heterocycles. The number of Topliss-reactive ketones (excluding diaryl/α,β-unsaturated/α-hetero) is 1. The second-order valence-corrected chi connectivity index (χ2v) is 5.99. The maximum absolute atomic E-state index is 11.3. The van der Waals surface area contributed by atoms with Crippen LogP contribution in [0.4, 0.5) is 0 Å². The van der Waals surface area contributed by atoms with Gasteiger partial charge in [-0.3, -0.25) is 4.79 Å². The maximum atomic E-state index is 11.3. The van der Waals surface area contributed by atoms with E-state index in [4.69, 9.17) is 0 Å². The molecule has 1 aliphatic carbocycles. The van der Waals surface area contributed by atoms with Gasteiger partial charge in [0.25, 0.3) is 0 Å². The van der Waals surface area contributed by atoms with E-state index in [1.807, 2.05) is 0 Å². The lowest BCUT2D eigenvalue weighted by atomic mass is 9.81. The van der Waals surface area contributed by atoms with Gasteiger partial charge in [0, 0.05) is 12.8 Å². The topological polar surface area (TPSA) is 37.3 Å². The molecule has 0 aliphatic heterocycles. The van der Waals surface area contributed by atoms with Gasteiger partial charge in [0.15, 0.2) is 0 Å². The van der Waals surface area contributed by atoms with Gasteiger partial charge in [-0.15, -0.1) is 0 Å². The summed E-state index contributed by atoms with van der Waals surface area (Å²) in [5.74, 6) is 0.420. The summed E-state index contributed by atoms with van der Waals surface area (Å²) in [7, 11) is 0. The summed E-state index contributed by atoms with van der Waals surface area (Å²) in [5, 5.41) is 10.3. The van der Waals surface area contributed by atoms with Crippen LogP contribution in [-0.4, -0.2) is 16.5 Å². The Morgan fingerprint density at radius 3 is 2.33 bits per heavy atom. The molecule has 0 saturated heterocycles. The van der Waals surface area contributed by atoms with E-state index < -0.39 is 0 Å². The number of ketones is 1. The van der Waals surface area contributed by atoms with Gasteiger partial charge < -0.3 is 5.11 Å². The van der Waals surface area contributed by atoms with E-state index in [0.717, 1.165) is 57.8 Å². The molecule has 1 rings (SSSR count). The number of hydrogen-bond acceptors (Lipinski definition) is 2. The Balaban J connectivity index is 1.96. The molecule has 0 amide bonds. The van der Waals surface area contributed by atoms with Gasteiger partial charge in [-0.25, -0.2) is 0 Å². The van der Waals surface area contributed by atoms with Crippen molar-refractivity contribution in [1.29, 1.82) is 0 Å². The molecule has 0 heterocycles. The average Bonchev–Trinajstić information content (AvgIpc) is 2.35. The summed E-state index contributed by atoms with van der Waals surface area (Å²) in [6.45, 7) is 2.06. The van der Waals surface area contributed by atoms with Gasteiger partial charge >= 0.3 is 0 Å². The summed E-state index contributed by atoms with van der Waals surface area (Å²) in [4.78, 5) is 11.3. The number of unbranched alkanes of at least 4 members (excludes halogenated alkanes) is 3. The molecule has 1 aliphatic rings. The van der Waals surface area contributed by atoms with Gasteiger partial charge in [0.2, 0.25) is 0 Å². The SMILES string of the molecule is CCCC(=O)CCCCCCC1(O)CCCCC1. The average molecular weight is 254 g/mol. The third-order valence-electron chi connectivity index (χ3n) is 4.16. The van der Waals surface area contributed by atoms with Crippen molar-refractivity contribution in [1.82, 2.24) is 0 Å². The van der Waals surface area contributed by atoms with Crippen LogP contribution in [0.2, 0.25) is 0 Å². The quantitative estimate of drug-likeness (QED) is 0.619. The van der Waals surface area contributed by atoms with E-state index in [1.54, 1.807) is 0 Å². The first-order valence-corrected chi connectivity index (χ1v) is 7.90. The van der Waals surface area contributed by atoms with Crippen LogP contribution in [0.5, 0.6) is 0 Å². The van der Waals surface area contributed by atoms with Crippen molar-refractivity contribution in [3.63, 3.8) is 0 Å². The minimum atomic E-state index is -0.351. The van der Waals surface area contributed by atoms with Crippen molar-refractivity contribution in [3.8, 4) is 0 Å². The minimum absolute atomic E-state index is 0.351. The first-order valence-electron chi connectivity index (χ1n) is 7.90. The van der Waals surface area contributed by atoms with E-state index in [1.165, 1.54) is 25.7 Å². The fourth-order valence-electron chi connectivity index (χ4n) is 2.99. The van der Waals surface area contributed by atoms with Crippen molar-refractivity contribution >= 4 is 5.78 Å². The zero-order valence-electron chi connectivity index (χ0n) is 12.0. The van der Waals surface area contributed by atoms with Crippen molar-refractivity contribution in [3.05, 3.63) is 0 Å². The van der Waals surface area contributed by atoms with E-state index in [-0.39, 0.29) is 5.60 Å². The molecule has 0 aromatic rings. The molecule has 106 valence electrons. The lowest BCUT2D eigenvalue weighted by molar-refractivity contribution is -0.119. The highest BCUT2D eigenvalue weighted by atomic mass is 16.3. The predicted octanol–water partition coefficient (Wildman–Crippen LogP) is 4.39. The van der Waals surface area contributed by atoms with Gasteiger partial charge in [0.05, 0.1) is 5.60 Å². The first kappa shape index (κ1) is 15.7. The van der Waals surface area contributed by atoms with Crippen LogP contribution in [0.1, 0.15) is 90.4 Å². The van der Waals surface area contributed by atoms with Crippen molar-refractivity contribution < 1.29 is 9.90 Å². The largest absolute Gasteiger partial charge is 0.390 e. The molecule has 0 atom stereocenters. The van der Waals surface area contributed by atoms with E-state index in [2.05, 4.69) is 6.92 Å². The molecule has 1 fully saturated rings. The fourth-order valence-corrected chi connectivity index (χ4v) is 2.99. The molecule has 2 heteroatoms. The van der Waals surface area contributed by atoms with Crippen molar-refractivity contribution in [2.75, 3.05) is 0 Å². The number of carbonyl (C=O) groups is 1. The van der Waals surface area contributed by atoms with Crippen LogP contribution >= 0.6 is 0 Å². The third kappa shape index (κ3) is 6.53. The Labute approximate surface area is 112 Å². The Kier molecular flexibility index (Phi) is 7.57. The Morgan fingerprint density at radius 1 is 1.00 bits per heavy atom. The lowest BCUT2D eigenvalue weighted by Crippen LogP contribution is -2.30. The number of hydrogen-bond donors (Lipinski definition) is 1. The van der Waals surface area contributed by atoms with Crippen LogP contribution in [0.3, 0.4) is 0 Å². The predicted molar refractivity (Wildman–Crippen MR) is 75.7 cm³/mol. The van der Waals surface area contributed by atoms with E-state index in [9.17, 15) is 9.90 Å². The highest BCUT2D eigenvalue weighted by Gasteiger charge is 2.27. The number of aliphatic hydroxyl groups is 1. The Morgan fingerprint density at radius 2 is 1.67 bits per heavy atom. The zero-order chi connectivity index (χ0) is 13.3. The monoisotopic (exact) mass is 254 g/mol. The van der Waals surface area contributed by atoms with Crippen LogP contribution in [-0.2, 0) is 4.79 Å². The smallest absolute Gasteiger partial charge is 0.132 e. The molecule has 0 bridgehead atoms. The molecular weight excluding hydrogens is 224 g/mol. The maximum Gasteiger partial charge on any atom is 0.132 e. The Bertz CT molecular complexity index is 229. The van der Waals surface area contributed by atoms with Crippen molar-refractivity contribution in [2.24, 2.45) is 0 Å². The summed E-state index contributed by atoms with van der Waals surface area (Å²) >= 11 is 0. The highest BCUT2D eigenvalue weighted by Crippen LogP contribution is 2.32. The molecule has 0 aromatic carbocycles. The van der Waals surface area contributed by atoms with E-state index in [0.29, 0.717) is 5.78 Å². The third-order valence-corrected chi connectivity index (χ3v) is 4.16. The molecule has 2 nitrogen and oxygen atoms in total. The van der Waals surface area contributed by atoms with Gasteiger partial charge in [-0.1, -0.05) is 45.4 Å². The molecule has 0 spiro atoms. The summed E-state index contributed by atoms with van der Waals surface area (Å²) in [6.07, 6.45) is 13.6. The normalized spacial score (nSPS) is 18.8. The Hall–Kier alpha value is -0.370. The van der Waals surface area contributed by atoms with Gasteiger partial charge in [-0.05, 0) is 32.1 Å². The standard InChI is InChI=1S/C16H30O2/c1-2-10-15(17)11-6-3-4-7-12-16(18)13-8-5-9-14-16/h18H,2-14H2,1H3. The zero-order valence-corrected chi connectivity index (χ0v) is 12.0. The van der Waals surface area contributed by atoms with Gasteiger partial charge in [-0.2, -0.15) is 0 Å². The van der Waals surface area contributed by atoms with Gasteiger partial charge in [0.1, 0.15) is 5.78 Å². The summed E-state index contributed by atoms with van der Waals surface area (Å²) in [5.41, 5.74) is -0.351. The second-order valence-electron chi connectivity index (χ2n) is 5.99. The first-order chi connectivity index (χ1) is 8.66.